The first-order valence-corrected chi connectivity index (χ1v) is 33.4. The molecule has 26 heteroatoms. The van der Waals surface area contributed by atoms with Gasteiger partial charge in [-0.1, -0.05) is 107 Å². The third-order valence-electron chi connectivity index (χ3n) is 19.9. The molecule has 4 fully saturated rings. The van der Waals surface area contributed by atoms with Gasteiger partial charge in [-0.05, 0) is 120 Å². The lowest BCUT2D eigenvalue weighted by Gasteiger charge is -2.45. The normalized spacial score (nSPS) is 26.9. The Morgan fingerprint density at radius 1 is 0.649 bits per heavy atom. The molecule has 0 bridgehead atoms. The lowest BCUT2D eigenvalue weighted by Crippen LogP contribution is -2.65. The Morgan fingerprint density at radius 2 is 1.26 bits per heavy atom. The number of alkyl halides is 3. The highest BCUT2D eigenvalue weighted by Crippen LogP contribution is 2.38. The summed E-state index contributed by atoms with van der Waals surface area (Å²) in [7, 11) is 8.52. The zero-order valence-corrected chi connectivity index (χ0v) is 57.9. The van der Waals surface area contributed by atoms with Gasteiger partial charge in [0.25, 0.3) is 0 Å². The summed E-state index contributed by atoms with van der Waals surface area (Å²) in [5.74, 6) is -7.83. The van der Waals surface area contributed by atoms with Crippen LogP contribution in [0.2, 0.25) is 5.02 Å². The highest BCUT2D eigenvalue weighted by atomic mass is 35.5. The highest BCUT2D eigenvalue weighted by Gasteiger charge is 2.50. The molecule has 22 nitrogen and oxygen atoms in total. The minimum absolute atomic E-state index is 0.0351. The van der Waals surface area contributed by atoms with E-state index < -0.39 is 154 Å². The van der Waals surface area contributed by atoms with Crippen molar-refractivity contribution in [2.45, 2.75) is 218 Å². The molecule has 2 saturated heterocycles. The molecule has 2 aliphatic carbocycles. The summed E-state index contributed by atoms with van der Waals surface area (Å²) in [5, 5.41) is 11.0. The van der Waals surface area contributed by atoms with Crippen molar-refractivity contribution in [3.05, 3.63) is 69.7 Å². The lowest BCUT2D eigenvalue weighted by molar-refractivity contribution is -0.160. The maximum absolute atomic E-state index is 15.2. The number of benzene rings is 2. The number of likely N-dealkylation sites (N-methyl/N-ethyl adjacent to an activating group) is 6. The maximum Gasteiger partial charge on any atom is 0.417 e. The zero-order valence-electron chi connectivity index (χ0n) is 57.1. The van der Waals surface area contributed by atoms with Crippen molar-refractivity contribution in [1.82, 2.24) is 55.6 Å². The quantitative estimate of drug-likeness (QED) is 0.226. The van der Waals surface area contributed by atoms with E-state index in [1.165, 1.54) is 86.7 Å². The molecule has 520 valence electrons. The molecule has 2 aliphatic heterocycles. The van der Waals surface area contributed by atoms with E-state index in [1.54, 1.807) is 26.0 Å². The van der Waals surface area contributed by atoms with Crippen molar-refractivity contribution >= 4 is 76.6 Å². The SMILES string of the molecule is CC[C@H](C)[C@@H]1NC(=O)[C@H](CC(C)C)N(C)C(=O)C[C@@H](C)NC(=O)[C@H](C2CCCC2)N(C)C(=O)C2(CCCC2)NC(=O)[C@H](C)N(C)C(=O)[C@H](CCc2ccc(C(F)(F)F)c(Cl)c2)NC(=O)CN(C)C(=O)[C@H](Cc2ccc(C)cc2)N(C)C(=O)[C@@H]2CCN2C(=O)[C@H](C)N(C)C1=O. The molecule has 2 aromatic rings. The van der Waals surface area contributed by atoms with Gasteiger partial charge in [0.15, 0.2) is 0 Å². The number of carbonyl (C=O) groups excluding carboxylic acids is 11. The first-order valence-electron chi connectivity index (χ1n) is 33.0. The number of hydrogen-bond donors (Lipinski definition) is 4. The molecule has 1 spiro atoms. The number of carbonyl (C=O) groups is 11. The Morgan fingerprint density at radius 3 is 1.82 bits per heavy atom. The number of rotatable bonds is 10. The van der Waals surface area contributed by atoms with Crippen molar-refractivity contribution < 1.29 is 65.9 Å². The van der Waals surface area contributed by atoms with Gasteiger partial charge in [-0.3, -0.25) is 52.7 Å². The lowest BCUT2D eigenvalue weighted by atomic mass is 9.90. The number of aryl methyl sites for hydroxylation is 2. The summed E-state index contributed by atoms with van der Waals surface area (Å²) in [6, 6.07) is 0.0538. The third-order valence-corrected chi connectivity index (χ3v) is 20.2. The van der Waals surface area contributed by atoms with E-state index in [-0.39, 0.29) is 75.3 Å². The van der Waals surface area contributed by atoms with Crippen LogP contribution < -0.4 is 21.3 Å². The topological polar surface area (TPSA) is 259 Å². The molecule has 94 heavy (non-hydrogen) atoms. The molecule has 11 amide bonds. The van der Waals surface area contributed by atoms with Crippen LogP contribution in [0.1, 0.15) is 154 Å². The standard InChI is InChI=1S/C68H99ClF3N11O11/c1-15-41(5)56-65(93)79(11)44(8)61(89)83-33-30-51(83)64(92)81(13)53(37-46-24-22-40(4)23-25-46)63(91)77(9)38-54(84)74-50(29-27-45-26-28-48(49(69)36-45)68(70,71)72)62(90)78(10)43(7)58(86)76-67(31-18-19-32-67)66(94)82(14)57(47-20-16-17-21-47)60(88)73-42(6)35-55(85)80(12)52(34-39(2)3)59(87)75-56/h22-26,28,36,39,41-44,47,50-53,56-57H,15-21,27,29-35,37-38H2,1-14H3,(H,73,88)(H,74,84)(H,75,87)(H,76,86)/t41-,42+,43-,44-,50-,51-,52-,53-,56-,57-/m0/s1. The van der Waals surface area contributed by atoms with Gasteiger partial charge in [-0.25, -0.2) is 0 Å². The van der Waals surface area contributed by atoms with Gasteiger partial charge in [-0.15, -0.1) is 0 Å². The van der Waals surface area contributed by atoms with Gasteiger partial charge in [0.05, 0.1) is 17.1 Å². The second-order valence-corrected chi connectivity index (χ2v) is 27.6. The molecule has 0 aromatic heterocycles. The minimum atomic E-state index is -4.76. The number of halogens is 4. The fraction of sp³-hybridized carbons (Fsp3) is 0.662. The van der Waals surface area contributed by atoms with E-state index in [0.29, 0.717) is 37.7 Å². The van der Waals surface area contributed by atoms with Crippen LogP contribution in [0.25, 0.3) is 0 Å². The molecule has 10 atom stereocenters. The van der Waals surface area contributed by atoms with Gasteiger partial charge in [0.1, 0.15) is 53.9 Å². The zero-order chi connectivity index (χ0) is 70.0. The predicted molar refractivity (Wildman–Crippen MR) is 348 cm³/mol. The summed E-state index contributed by atoms with van der Waals surface area (Å²) in [6.45, 7) is 13.4. The molecule has 0 radical (unpaired) electrons. The van der Waals surface area contributed by atoms with Gasteiger partial charge in [0, 0.05) is 67.7 Å². The number of nitrogens with zero attached hydrogens (tertiary/aromatic N) is 7. The van der Waals surface area contributed by atoms with E-state index in [1.807, 2.05) is 39.8 Å². The van der Waals surface area contributed by atoms with Crippen LogP contribution in [0, 0.1) is 24.7 Å². The van der Waals surface area contributed by atoms with Gasteiger partial charge in [0.2, 0.25) is 65.0 Å². The van der Waals surface area contributed by atoms with E-state index in [2.05, 4.69) is 21.3 Å². The minimum Gasteiger partial charge on any atom is -0.351 e. The first kappa shape index (κ1) is 75.7. The molecule has 2 saturated carbocycles. The summed E-state index contributed by atoms with van der Waals surface area (Å²) < 4.78 is 41.4. The van der Waals surface area contributed by atoms with Crippen molar-refractivity contribution in [2.24, 2.45) is 17.8 Å². The van der Waals surface area contributed by atoms with E-state index in [9.17, 15) is 61.1 Å². The molecule has 0 unspecified atom stereocenters. The monoisotopic (exact) mass is 1340 g/mol. The van der Waals surface area contributed by atoms with Gasteiger partial charge in [-0.2, -0.15) is 13.2 Å². The molecule has 2 aromatic carbocycles. The van der Waals surface area contributed by atoms with E-state index in [4.69, 9.17) is 11.6 Å². The number of amides is 11. The van der Waals surface area contributed by atoms with E-state index in [0.717, 1.165) is 40.3 Å². The summed E-state index contributed by atoms with van der Waals surface area (Å²) >= 11 is 6.11. The largest absolute Gasteiger partial charge is 0.417 e. The van der Waals surface area contributed by atoms with Crippen LogP contribution in [0.3, 0.4) is 0 Å². The molecular formula is C68H99ClF3N11O11. The summed E-state index contributed by atoms with van der Waals surface area (Å²) in [4.78, 5) is 170. The third kappa shape index (κ3) is 18.2. The molecule has 6 rings (SSSR count). The Labute approximate surface area is 556 Å². The fourth-order valence-electron chi connectivity index (χ4n) is 13.3. The van der Waals surface area contributed by atoms with Crippen LogP contribution in [0.4, 0.5) is 13.2 Å². The Hall–Kier alpha value is -7.31. The van der Waals surface area contributed by atoms with Crippen molar-refractivity contribution in [3.63, 3.8) is 0 Å². The average Bonchev–Trinajstić information content (AvgIpc) is 1.30. The summed E-state index contributed by atoms with van der Waals surface area (Å²) in [6.07, 6.45) is -0.213. The van der Waals surface area contributed by atoms with Gasteiger partial charge >= 0.3 is 6.18 Å². The number of hydrogen-bond acceptors (Lipinski definition) is 11. The highest BCUT2D eigenvalue weighted by molar-refractivity contribution is 6.31. The molecule has 4 N–H and O–H groups in total. The first-order chi connectivity index (χ1) is 44.0. The Balaban J connectivity index is 1.39. The Kier molecular flexibility index (Phi) is 26.1. The van der Waals surface area contributed by atoms with Crippen molar-refractivity contribution in [1.29, 1.82) is 0 Å². The second-order valence-electron chi connectivity index (χ2n) is 27.2. The van der Waals surface area contributed by atoms with Crippen molar-refractivity contribution in [2.75, 3.05) is 55.4 Å². The fourth-order valence-corrected chi connectivity index (χ4v) is 13.6. The average molecular weight is 1340 g/mol. The smallest absolute Gasteiger partial charge is 0.351 e. The molecule has 2 heterocycles. The summed E-state index contributed by atoms with van der Waals surface area (Å²) in [5.41, 5.74) is -0.733. The van der Waals surface area contributed by atoms with Gasteiger partial charge < -0.3 is 55.6 Å². The molecule has 4 aliphatic rings. The van der Waals surface area contributed by atoms with Crippen LogP contribution in [0.15, 0.2) is 42.5 Å². The maximum atomic E-state index is 15.2. The van der Waals surface area contributed by atoms with Crippen molar-refractivity contribution in [3.8, 4) is 0 Å². The second kappa shape index (κ2) is 32.4. The van der Waals surface area contributed by atoms with E-state index >= 15 is 4.79 Å². The molecular weight excluding hydrogens is 1240 g/mol. The van der Waals surface area contributed by atoms with Crippen LogP contribution in [-0.2, 0) is 71.8 Å². The van der Waals surface area contributed by atoms with Crippen LogP contribution in [-0.4, -0.2) is 215 Å². The number of fused-ring (bicyclic) bond motifs is 1. The van der Waals surface area contributed by atoms with Crippen LogP contribution in [0.5, 0.6) is 0 Å². The number of nitrogens with one attached hydrogen (secondary N) is 4. The predicted octanol–water partition coefficient (Wildman–Crippen LogP) is 5.67. The Bertz CT molecular complexity index is 3100. The van der Waals surface area contributed by atoms with Crippen LogP contribution >= 0.6 is 11.6 Å².